The fourth-order valence-corrected chi connectivity index (χ4v) is 2.65. The summed E-state index contributed by atoms with van der Waals surface area (Å²) in [6.07, 6.45) is 8.30. The van der Waals surface area contributed by atoms with Crippen molar-refractivity contribution in [2.75, 3.05) is 13.1 Å². The van der Waals surface area contributed by atoms with E-state index in [1.54, 1.807) is 0 Å². The van der Waals surface area contributed by atoms with Crippen LogP contribution in [-0.2, 0) is 0 Å². The fraction of sp³-hybridized carbons (Fsp3) is 1.00. The zero-order chi connectivity index (χ0) is 11.8. The highest BCUT2D eigenvalue weighted by atomic mass is 14.9. The average molecular weight is 226 g/mol. The van der Waals surface area contributed by atoms with Gasteiger partial charge in [-0.1, -0.05) is 26.7 Å². The maximum Gasteiger partial charge on any atom is 0.00671 e. The highest BCUT2D eigenvalue weighted by molar-refractivity contribution is 4.74. The van der Waals surface area contributed by atoms with E-state index in [1.807, 2.05) is 0 Å². The van der Waals surface area contributed by atoms with Gasteiger partial charge >= 0.3 is 0 Å². The van der Waals surface area contributed by atoms with Crippen LogP contribution in [0, 0.1) is 5.92 Å². The Hall–Kier alpha value is -0.0800. The third-order valence-electron chi connectivity index (χ3n) is 3.82. The number of hydrogen-bond acceptors (Lipinski definition) is 2. The molecule has 16 heavy (non-hydrogen) atoms. The van der Waals surface area contributed by atoms with Gasteiger partial charge in [0.1, 0.15) is 0 Å². The molecule has 0 aromatic carbocycles. The number of hydrogen-bond donors (Lipinski definition) is 2. The Labute approximate surface area is 102 Å². The van der Waals surface area contributed by atoms with Crippen molar-refractivity contribution in [1.82, 2.24) is 10.6 Å². The van der Waals surface area contributed by atoms with Crippen LogP contribution >= 0.6 is 0 Å². The van der Waals surface area contributed by atoms with Gasteiger partial charge in [-0.2, -0.15) is 0 Å². The van der Waals surface area contributed by atoms with E-state index in [1.165, 1.54) is 45.1 Å². The topological polar surface area (TPSA) is 24.1 Å². The molecular weight excluding hydrogens is 196 g/mol. The van der Waals surface area contributed by atoms with Crippen LogP contribution in [0.2, 0.25) is 0 Å². The van der Waals surface area contributed by atoms with Gasteiger partial charge in [0, 0.05) is 12.1 Å². The molecule has 0 aromatic heterocycles. The summed E-state index contributed by atoms with van der Waals surface area (Å²) in [6, 6.07) is 1.45. The van der Waals surface area contributed by atoms with Gasteiger partial charge in [0.15, 0.2) is 0 Å². The third kappa shape index (κ3) is 5.86. The largest absolute Gasteiger partial charge is 0.314 e. The molecule has 1 saturated carbocycles. The Morgan fingerprint density at radius 1 is 1.19 bits per heavy atom. The van der Waals surface area contributed by atoms with Crippen LogP contribution in [0.1, 0.15) is 59.3 Å². The standard InChI is InChI=1S/C14H30N2/c1-4-15-13(3)10-11-16-14-7-5-6-12(2)8-9-14/h12-16H,4-11H2,1-3H3. The second kappa shape index (κ2) is 8.08. The first-order chi connectivity index (χ1) is 7.72. The molecule has 1 rings (SSSR count). The monoisotopic (exact) mass is 226 g/mol. The summed E-state index contributed by atoms with van der Waals surface area (Å²) in [5, 5.41) is 7.19. The zero-order valence-electron chi connectivity index (χ0n) is 11.4. The average Bonchev–Trinajstić information content (AvgIpc) is 2.44. The molecule has 0 saturated heterocycles. The van der Waals surface area contributed by atoms with Crippen LogP contribution in [0.4, 0.5) is 0 Å². The van der Waals surface area contributed by atoms with Gasteiger partial charge in [0.2, 0.25) is 0 Å². The first kappa shape index (κ1) is 14.0. The van der Waals surface area contributed by atoms with Gasteiger partial charge in [-0.05, 0) is 51.6 Å². The summed E-state index contributed by atoms with van der Waals surface area (Å²) in [4.78, 5) is 0. The van der Waals surface area contributed by atoms with E-state index in [-0.39, 0.29) is 0 Å². The van der Waals surface area contributed by atoms with E-state index in [2.05, 4.69) is 31.4 Å². The third-order valence-corrected chi connectivity index (χ3v) is 3.82. The van der Waals surface area contributed by atoms with Crippen molar-refractivity contribution in [2.24, 2.45) is 5.92 Å². The van der Waals surface area contributed by atoms with Crippen molar-refractivity contribution in [2.45, 2.75) is 71.4 Å². The smallest absolute Gasteiger partial charge is 0.00671 e. The van der Waals surface area contributed by atoms with Crippen molar-refractivity contribution in [3.05, 3.63) is 0 Å². The number of nitrogens with one attached hydrogen (secondary N) is 2. The fourth-order valence-electron chi connectivity index (χ4n) is 2.65. The van der Waals surface area contributed by atoms with Gasteiger partial charge in [-0.15, -0.1) is 0 Å². The molecular formula is C14H30N2. The van der Waals surface area contributed by atoms with E-state index in [0.29, 0.717) is 6.04 Å². The molecule has 0 amide bonds. The molecule has 0 radical (unpaired) electrons. The molecule has 0 bridgehead atoms. The molecule has 2 N–H and O–H groups in total. The molecule has 0 aromatic rings. The highest BCUT2D eigenvalue weighted by Crippen LogP contribution is 2.22. The van der Waals surface area contributed by atoms with Crippen LogP contribution in [0.25, 0.3) is 0 Å². The molecule has 2 heteroatoms. The summed E-state index contributed by atoms with van der Waals surface area (Å²) in [5.41, 5.74) is 0. The molecule has 1 aliphatic rings. The van der Waals surface area contributed by atoms with Crippen molar-refractivity contribution in [3.63, 3.8) is 0 Å². The van der Waals surface area contributed by atoms with Crippen LogP contribution < -0.4 is 10.6 Å². The van der Waals surface area contributed by atoms with E-state index < -0.39 is 0 Å². The van der Waals surface area contributed by atoms with Crippen molar-refractivity contribution in [1.29, 1.82) is 0 Å². The summed E-state index contributed by atoms with van der Waals surface area (Å²) in [6.45, 7) is 9.11. The Kier molecular flexibility index (Phi) is 7.06. The minimum absolute atomic E-state index is 0.655. The molecule has 0 aliphatic heterocycles. The lowest BCUT2D eigenvalue weighted by Crippen LogP contribution is -2.34. The Morgan fingerprint density at radius 3 is 2.75 bits per heavy atom. The molecule has 0 spiro atoms. The molecule has 3 unspecified atom stereocenters. The summed E-state index contributed by atoms with van der Waals surface area (Å²) >= 11 is 0. The maximum atomic E-state index is 3.73. The highest BCUT2D eigenvalue weighted by Gasteiger charge is 2.15. The zero-order valence-corrected chi connectivity index (χ0v) is 11.4. The Morgan fingerprint density at radius 2 is 2.00 bits per heavy atom. The summed E-state index contributed by atoms with van der Waals surface area (Å²) in [7, 11) is 0. The molecule has 1 aliphatic carbocycles. The predicted octanol–water partition coefficient (Wildman–Crippen LogP) is 2.93. The quantitative estimate of drug-likeness (QED) is 0.681. The molecule has 96 valence electrons. The minimum Gasteiger partial charge on any atom is -0.314 e. The maximum absolute atomic E-state index is 3.73. The Balaban J connectivity index is 2.07. The second-order valence-corrected chi connectivity index (χ2v) is 5.51. The van der Waals surface area contributed by atoms with Crippen LogP contribution in [0.5, 0.6) is 0 Å². The first-order valence-corrected chi connectivity index (χ1v) is 7.19. The van der Waals surface area contributed by atoms with Crippen molar-refractivity contribution in [3.8, 4) is 0 Å². The lowest BCUT2D eigenvalue weighted by molar-refractivity contribution is 0.422. The van der Waals surface area contributed by atoms with Crippen LogP contribution in [-0.4, -0.2) is 25.2 Å². The minimum atomic E-state index is 0.655. The van der Waals surface area contributed by atoms with E-state index in [0.717, 1.165) is 18.5 Å². The molecule has 1 fully saturated rings. The van der Waals surface area contributed by atoms with Crippen LogP contribution in [0.3, 0.4) is 0 Å². The van der Waals surface area contributed by atoms with E-state index in [9.17, 15) is 0 Å². The molecule has 0 heterocycles. The predicted molar refractivity (Wildman–Crippen MR) is 71.8 cm³/mol. The van der Waals surface area contributed by atoms with Gasteiger partial charge in [-0.3, -0.25) is 0 Å². The van der Waals surface area contributed by atoms with E-state index in [4.69, 9.17) is 0 Å². The van der Waals surface area contributed by atoms with Gasteiger partial charge in [-0.25, -0.2) is 0 Å². The summed E-state index contributed by atoms with van der Waals surface area (Å²) in [5.74, 6) is 0.951. The van der Waals surface area contributed by atoms with Crippen molar-refractivity contribution < 1.29 is 0 Å². The lowest BCUT2D eigenvalue weighted by Gasteiger charge is -2.18. The van der Waals surface area contributed by atoms with Gasteiger partial charge < -0.3 is 10.6 Å². The Bertz CT molecular complexity index is 170. The first-order valence-electron chi connectivity index (χ1n) is 7.19. The van der Waals surface area contributed by atoms with Gasteiger partial charge in [0.05, 0.1) is 0 Å². The normalized spacial score (nSPS) is 28.7. The SMILES string of the molecule is CCNC(C)CCNC1CCCC(C)CC1. The van der Waals surface area contributed by atoms with E-state index >= 15 is 0 Å². The van der Waals surface area contributed by atoms with Crippen LogP contribution in [0.15, 0.2) is 0 Å². The molecule has 2 nitrogen and oxygen atoms in total. The molecule has 3 atom stereocenters. The van der Waals surface area contributed by atoms with Gasteiger partial charge in [0.25, 0.3) is 0 Å². The summed E-state index contributed by atoms with van der Waals surface area (Å²) < 4.78 is 0. The second-order valence-electron chi connectivity index (χ2n) is 5.51. The van der Waals surface area contributed by atoms with Crippen molar-refractivity contribution >= 4 is 0 Å². The lowest BCUT2D eigenvalue weighted by atomic mass is 10.0. The number of rotatable bonds is 6.